The van der Waals surface area contributed by atoms with Crippen LogP contribution in [0.15, 0.2) is 54.7 Å². The number of rotatable bonds is 3. The van der Waals surface area contributed by atoms with Crippen LogP contribution in [0.3, 0.4) is 0 Å². The van der Waals surface area contributed by atoms with E-state index < -0.39 is 0 Å². The minimum atomic E-state index is -0.323. The molecule has 4 nitrogen and oxygen atoms in total. The minimum absolute atomic E-state index is 0.126. The first kappa shape index (κ1) is 18.5. The summed E-state index contributed by atoms with van der Waals surface area (Å²) in [7, 11) is 0. The Hall–Kier alpha value is -2.86. The van der Waals surface area contributed by atoms with E-state index in [1.54, 1.807) is 29.2 Å². The maximum Gasteiger partial charge on any atom is 0.272 e. The Morgan fingerprint density at radius 2 is 1.82 bits per heavy atom. The van der Waals surface area contributed by atoms with Crippen molar-refractivity contribution >= 4 is 16.7 Å². The van der Waals surface area contributed by atoms with Crippen molar-refractivity contribution in [3.05, 3.63) is 77.6 Å². The summed E-state index contributed by atoms with van der Waals surface area (Å²) in [4.78, 5) is 21.1. The van der Waals surface area contributed by atoms with Crippen LogP contribution in [0.1, 0.15) is 22.5 Å². The van der Waals surface area contributed by atoms with Crippen molar-refractivity contribution in [1.29, 1.82) is 0 Å². The molecule has 0 atom stereocenters. The van der Waals surface area contributed by atoms with Gasteiger partial charge < -0.3 is 4.90 Å². The van der Waals surface area contributed by atoms with Gasteiger partial charge in [0.1, 0.15) is 17.3 Å². The van der Waals surface area contributed by atoms with Crippen molar-refractivity contribution in [3.8, 4) is 0 Å². The Morgan fingerprint density at radius 3 is 2.68 bits per heavy atom. The zero-order valence-corrected chi connectivity index (χ0v) is 15.4. The van der Waals surface area contributed by atoms with Crippen LogP contribution in [0.4, 0.5) is 8.78 Å². The van der Waals surface area contributed by atoms with E-state index in [4.69, 9.17) is 0 Å². The lowest BCUT2D eigenvalue weighted by Crippen LogP contribution is -2.35. The molecule has 1 aliphatic heterocycles. The maximum absolute atomic E-state index is 13.9. The quantitative estimate of drug-likeness (QED) is 0.691. The molecule has 1 aliphatic rings. The van der Waals surface area contributed by atoms with Crippen LogP contribution >= 0.6 is 0 Å². The summed E-state index contributed by atoms with van der Waals surface area (Å²) in [5, 5.41) is 1.46. The van der Waals surface area contributed by atoms with Gasteiger partial charge in [0.2, 0.25) is 0 Å². The van der Waals surface area contributed by atoms with E-state index in [1.165, 1.54) is 24.4 Å². The molecule has 1 aromatic heterocycles. The average molecular weight is 381 g/mol. The van der Waals surface area contributed by atoms with Gasteiger partial charge in [0, 0.05) is 49.9 Å². The number of carbonyl (C=O) groups is 1. The van der Waals surface area contributed by atoms with Gasteiger partial charge in [0.05, 0.1) is 0 Å². The molecular weight excluding hydrogens is 360 g/mol. The van der Waals surface area contributed by atoms with Gasteiger partial charge in [-0.15, -0.1) is 0 Å². The predicted octanol–water partition coefficient (Wildman–Crippen LogP) is 3.86. The van der Waals surface area contributed by atoms with Crippen molar-refractivity contribution in [3.63, 3.8) is 0 Å². The lowest BCUT2D eigenvalue weighted by atomic mass is 10.1. The molecule has 28 heavy (non-hydrogen) atoms. The Labute approximate surface area is 162 Å². The highest BCUT2D eigenvalue weighted by molar-refractivity contribution is 5.96. The van der Waals surface area contributed by atoms with Gasteiger partial charge in [-0.3, -0.25) is 14.7 Å². The van der Waals surface area contributed by atoms with Crippen molar-refractivity contribution < 1.29 is 13.6 Å². The van der Waals surface area contributed by atoms with E-state index >= 15 is 0 Å². The molecule has 0 aliphatic carbocycles. The number of amides is 1. The third kappa shape index (κ3) is 4.02. The number of fused-ring (bicyclic) bond motifs is 1. The molecule has 6 heteroatoms. The van der Waals surface area contributed by atoms with Gasteiger partial charge in [-0.25, -0.2) is 8.78 Å². The molecular formula is C22H21F2N3O. The molecule has 2 heterocycles. The number of hydrogen-bond acceptors (Lipinski definition) is 3. The second kappa shape index (κ2) is 8.02. The van der Waals surface area contributed by atoms with Gasteiger partial charge in [0.25, 0.3) is 5.91 Å². The number of nitrogens with zero attached hydrogens (tertiary/aromatic N) is 3. The maximum atomic E-state index is 13.9. The fourth-order valence-electron chi connectivity index (χ4n) is 3.59. The zero-order chi connectivity index (χ0) is 19.5. The van der Waals surface area contributed by atoms with Crippen LogP contribution in [-0.4, -0.2) is 46.9 Å². The Kier molecular flexibility index (Phi) is 5.30. The van der Waals surface area contributed by atoms with Crippen LogP contribution in [0.2, 0.25) is 0 Å². The second-order valence-electron chi connectivity index (χ2n) is 7.07. The smallest absolute Gasteiger partial charge is 0.272 e. The van der Waals surface area contributed by atoms with Gasteiger partial charge in [-0.05, 0) is 36.1 Å². The Balaban J connectivity index is 1.44. The van der Waals surface area contributed by atoms with Crippen LogP contribution in [0.5, 0.6) is 0 Å². The van der Waals surface area contributed by atoms with Crippen LogP contribution in [-0.2, 0) is 6.54 Å². The zero-order valence-electron chi connectivity index (χ0n) is 15.4. The summed E-state index contributed by atoms with van der Waals surface area (Å²) in [5.74, 6) is -0.647. The number of aromatic nitrogens is 1. The van der Waals surface area contributed by atoms with E-state index in [-0.39, 0.29) is 17.5 Å². The van der Waals surface area contributed by atoms with E-state index in [0.29, 0.717) is 42.8 Å². The predicted molar refractivity (Wildman–Crippen MR) is 104 cm³/mol. The third-order valence-corrected chi connectivity index (χ3v) is 5.13. The lowest BCUT2D eigenvalue weighted by Gasteiger charge is -2.22. The second-order valence-corrected chi connectivity index (χ2v) is 7.07. The molecule has 0 unspecified atom stereocenters. The van der Waals surface area contributed by atoms with E-state index in [1.807, 2.05) is 6.07 Å². The monoisotopic (exact) mass is 381 g/mol. The molecule has 1 saturated heterocycles. The van der Waals surface area contributed by atoms with Gasteiger partial charge in [-0.1, -0.05) is 24.3 Å². The molecule has 0 radical (unpaired) electrons. The van der Waals surface area contributed by atoms with Gasteiger partial charge in [-0.2, -0.15) is 0 Å². The molecule has 1 amide bonds. The number of halogens is 2. The average Bonchev–Trinajstić information content (AvgIpc) is 2.94. The molecule has 4 rings (SSSR count). The van der Waals surface area contributed by atoms with Crippen LogP contribution in [0.25, 0.3) is 10.8 Å². The molecule has 144 valence electrons. The summed E-state index contributed by atoms with van der Waals surface area (Å²) in [6.07, 6.45) is 2.35. The van der Waals surface area contributed by atoms with Gasteiger partial charge in [0.15, 0.2) is 0 Å². The molecule has 2 aromatic carbocycles. The Morgan fingerprint density at radius 1 is 0.964 bits per heavy atom. The molecule has 0 bridgehead atoms. The van der Waals surface area contributed by atoms with E-state index in [9.17, 15) is 13.6 Å². The summed E-state index contributed by atoms with van der Waals surface area (Å²) in [6.45, 7) is 3.22. The molecule has 3 aromatic rings. The lowest BCUT2D eigenvalue weighted by molar-refractivity contribution is 0.0755. The first-order chi connectivity index (χ1) is 13.6. The van der Waals surface area contributed by atoms with Crippen molar-refractivity contribution in [2.75, 3.05) is 26.2 Å². The molecule has 1 fully saturated rings. The highest BCUT2D eigenvalue weighted by Crippen LogP contribution is 2.18. The fourth-order valence-corrected chi connectivity index (χ4v) is 3.59. The molecule has 0 N–H and O–H groups in total. The summed E-state index contributed by atoms with van der Waals surface area (Å²) in [6, 6.07) is 12.9. The largest absolute Gasteiger partial charge is 0.336 e. The molecule has 0 saturated carbocycles. The highest BCUT2D eigenvalue weighted by Gasteiger charge is 2.22. The van der Waals surface area contributed by atoms with Crippen LogP contribution in [0, 0.1) is 11.6 Å². The Bertz CT molecular complexity index is 1010. The fraction of sp³-hybridized carbons (Fsp3) is 0.273. The SMILES string of the molecule is O=C(c1cc2ccc(F)cc2cn1)N1CCCN(Cc2ccccc2F)CC1. The third-order valence-electron chi connectivity index (χ3n) is 5.13. The molecule has 0 spiro atoms. The van der Waals surface area contributed by atoms with E-state index in [2.05, 4.69) is 9.88 Å². The van der Waals surface area contributed by atoms with Crippen molar-refractivity contribution in [2.45, 2.75) is 13.0 Å². The van der Waals surface area contributed by atoms with Crippen molar-refractivity contribution in [1.82, 2.24) is 14.8 Å². The van der Waals surface area contributed by atoms with Crippen molar-refractivity contribution in [2.24, 2.45) is 0 Å². The number of hydrogen-bond donors (Lipinski definition) is 0. The first-order valence-electron chi connectivity index (χ1n) is 9.40. The normalized spacial score (nSPS) is 15.6. The standard InChI is InChI=1S/C22H21F2N3O/c23-19-7-6-16-13-21(25-14-18(16)12-19)22(28)27-9-3-8-26(10-11-27)15-17-4-1-2-5-20(17)24/h1-2,4-7,12-14H,3,8-11,15H2. The van der Waals surface area contributed by atoms with Gasteiger partial charge >= 0.3 is 0 Å². The van der Waals surface area contributed by atoms with E-state index in [0.717, 1.165) is 18.4 Å². The number of benzene rings is 2. The highest BCUT2D eigenvalue weighted by atomic mass is 19.1. The number of pyridine rings is 1. The topological polar surface area (TPSA) is 36.4 Å². The summed E-state index contributed by atoms with van der Waals surface area (Å²) in [5.41, 5.74) is 1.03. The summed E-state index contributed by atoms with van der Waals surface area (Å²) < 4.78 is 27.2. The minimum Gasteiger partial charge on any atom is -0.336 e. The van der Waals surface area contributed by atoms with Crippen LogP contribution < -0.4 is 0 Å². The number of carbonyl (C=O) groups excluding carboxylic acids is 1. The summed E-state index contributed by atoms with van der Waals surface area (Å²) >= 11 is 0. The first-order valence-corrected chi connectivity index (χ1v) is 9.40.